The van der Waals surface area contributed by atoms with Crippen LogP contribution in [-0.2, 0) is 11.2 Å². The minimum atomic E-state index is 0.684. The molecule has 1 heterocycles. The van der Waals surface area contributed by atoms with E-state index in [4.69, 9.17) is 21.1 Å². The van der Waals surface area contributed by atoms with E-state index in [2.05, 4.69) is 51.7 Å². The van der Waals surface area contributed by atoms with Gasteiger partial charge in [-0.1, -0.05) is 84.0 Å². The first-order valence-corrected chi connectivity index (χ1v) is 13.5. The fourth-order valence-electron chi connectivity index (χ4n) is 4.02. The molecule has 190 valence electrons. The van der Waals surface area contributed by atoms with E-state index in [1.54, 1.807) is 18.4 Å². The number of fused-ring (bicyclic) bond motifs is 1. The van der Waals surface area contributed by atoms with E-state index in [1.807, 2.05) is 44.0 Å². The minimum Gasteiger partial charge on any atom is -0.497 e. The maximum Gasteiger partial charge on any atom is 0.118 e. The van der Waals surface area contributed by atoms with Crippen molar-refractivity contribution in [2.45, 2.75) is 86.5 Å². The summed E-state index contributed by atoms with van der Waals surface area (Å²) in [6.07, 6.45) is 9.37. The molecule has 0 saturated carbocycles. The fourth-order valence-corrected chi connectivity index (χ4v) is 5.12. The predicted molar refractivity (Wildman–Crippen MR) is 152 cm³/mol. The molecule has 0 amide bonds. The third-order valence-corrected chi connectivity index (χ3v) is 7.25. The van der Waals surface area contributed by atoms with Crippen LogP contribution < -0.4 is 4.74 Å². The van der Waals surface area contributed by atoms with Gasteiger partial charge in [0.25, 0.3) is 0 Å². The normalized spacial score (nSPS) is 10.2. The lowest BCUT2D eigenvalue weighted by molar-refractivity contribution is -0.0979. The summed E-state index contributed by atoms with van der Waals surface area (Å²) in [6, 6.07) is 13.9. The van der Waals surface area contributed by atoms with Crippen LogP contribution in [-0.4, -0.2) is 18.9 Å². The molecule has 5 heteroatoms. The van der Waals surface area contributed by atoms with Crippen LogP contribution in [0.25, 0.3) is 10.2 Å². The fraction of sp³-hybridized carbons (Fsp3) is 0.517. The van der Waals surface area contributed by atoms with Gasteiger partial charge in [-0.3, -0.25) is 0 Å². The van der Waals surface area contributed by atoms with Crippen molar-refractivity contribution in [3.8, 4) is 5.75 Å². The number of halogens is 1. The molecule has 0 atom stereocenters. The van der Waals surface area contributed by atoms with Crippen molar-refractivity contribution in [2.75, 3.05) is 7.11 Å². The van der Waals surface area contributed by atoms with Crippen molar-refractivity contribution in [1.29, 1.82) is 0 Å². The number of aromatic nitrogens is 1. The lowest BCUT2D eigenvalue weighted by Crippen LogP contribution is -2.17. The summed E-state index contributed by atoms with van der Waals surface area (Å²) in [5, 5.41) is 1.86. The number of hydrogen-bond acceptors (Lipinski definition) is 4. The zero-order valence-electron chi connectivity index (χ0n) is 22.2. The van der Waals surface area contributed by atoms with E-state index in [1.165, 1.54) is 44.1 Å². The van der Waals surface area contributed by atoms with Crippen LogP contribution in [0, 0.1) is 12.3 Å². The zero-order chi connectivity index (χ0) is 26.0. The number of benzene rings is 2. The highest BCUT2D eigenvalue weighted by Crippen LogP contribution is 2.36. The lowest BCUT2D eigenvalue weighted by atomic mass is 9.75. The van der Waals surface area contributed by atoms with Crippen LogP contribution in [0.15, 0.2) is 42.5 Å². The molecule has 0 aliphatic rings. The van der Waals surface area contributed by atoms with Gasteiger partial charge in [0.05, 0.1) is 22.3 Å². The third kappa shape index (κ3) is 11.5. The van der Waals surface area contributed by atoms with E-state index in [9.17, 15) is 0 Å². The Kier molecular flexibility index (Phi) is 17.4. The molecular weight excluding hydrogens is 462 g/mol. The smallest absolute Gasteiger partial charge is 0.118 e. The number of carbonyl (C=O) groups is 1. The highest BCUT2D eigenvalue weighted by atomic mass is 35.5. The SMILES string of the molecule is C=O.CCCC(CC)(CC)CCC.CCc1ccc(OC)cc1.Cc1nc2ccc(Cl)cc2s1. The molecule has 1 aromatic heterocycles. The number of thiazole rings is 1. The topological polar surface area (TPSA) is 39.2 Å². The molecule has 0 spiro atoms. The molecule has 3 rings (SSSR count). The summed E-state index contributed by atoms with van der Waals surface area (Å²) in [6.45, 7) is 15.4. The molecule has 0 unspecified atom stereocenters. The van der Waals surface area contributed by atoms with Crippen LogP contribution in [0.3, 0.4) is 0 Å². The summed E-state index contributed by atoms with van der Waals surface area (Å²) in [5.41, 5.74) is 3.07. The van der Waals surface area contributed by atoms with Crippen LogP contribution in [0.4, 0.5) is 0 Å². The average molecular weight is 506 g/mol. The van der Waals surface area contributed by atoms with Gasteiger partial charge in [-0.2, -0.15) is 0 Å². The van der Waals surface area contributed by atoms with Crippen LogP contribution >= 0.6 is 22.9 Å². The number of aryl methyl sites for hydroxylation is 2. The van der Waals surface area contributed by atoms with Crippen LogP contribution in [0.1, 0.15) is 83.7 Å². The largest absolute Gasteiger partial charge is 0.497 e. The number of ether oxygens (including phenoxy) is 1. The Hall–Kier alpha value is -1.91. The summed E-state index contributed by atoms with van der Waals surface area (Å²) < 4.78 is 6.18. The van der Waals surface area contributed by atoms with Gasteiger partial charge in [0.15, 0.2) is 0 Å². The molecule has 2 aromatic carbocycles. The van der Waals surface area contributed by atoms with Gasteiger partial charge < -0.3 is 9.53 Å². The summed E-state index contributed by atoms with van der Waals surface area (Å²) in [7, 11) is 1.68. The van der Waals surface area contributed by atoms with Crippen molar-refractivity contribution < 1.29 is 9.53 Å². The second kappa shape index (κ2) is 18.4. The minimum absolute atomic E-state index is 0.684. The van der Waals surface area contributed by atoms with Gasteiger partial charge in [0.1, 0.15) is 12.5 Å². The second-order valence-corrected chi connectivity index (χ2v) is 9.92. The summed E-state index contributed by atoms with van der Waals surface area (Å²) in [5.74, 6) is 0.928. The molecule has 0 radical (unpaired) electrons. The van der Waals surface area contributed by atoms with Gasteiger partial charge >= 0.3 is 0 Å². The zero-order valence-corrected chi connectivity index (χ0v) is 23.8. The molecule has 3 nitrogen and oxygen atoms in total. The van der Waals surface area contributed by atoms with E-state index in [0.717, 1.165) is 32.4 Å². The van der Waals surface area contributed by atoms with Gasteiger partial charge in [-0.05, 0) is 67.5 Å². The molecule has 0 fully saturated rings. The van der Waals surface area contributed by atoms with E-state index >= 15 is 0 Å². The molecule has 0 aliphatic heterocycles. The summed E-state index contributed by atoms with van der Waals surface area (Å²) >= 11 is 7.48. The first-order valence-electron chi connectivity index (χ1n) is 12.3. The van der Waals surface area contributed by atoms with E-state index < -0.39 is 0 Å². The number of rotatable bonds is 8. The Morgan fingerprint density at radius 1 is 0.941 bits per heavy atom. The highest BCUT2D eigenvalue weighted by molar-refractivity contribution is 7.18. The van der Waals surface area contributed by atoms with Crippen molar-refractivity contribution in [3.05, 3.63) is 58.1 Å². The van der Waals surface area contributed by atoms with Gasteiger partial charge in [-0.25, -0.2) is 4.98 Å². The van der Waals surface area contributed by atoms with Crippen LogP contribution in [0.2, 0.25) is 5.02 Å². The molecule has 0 aliphatic carbocycles. The Morgan fingerprint density at radius 3 is 1.94 bits per heavy atom. The molecule has 34 heavy (non-hydrogen) atoms. The Bertz CT molecular complexity index is 873. The van der Waals surface area contributed by atoms with E-state index in [-0.39, 0.29) is 0 Å². The first kappa shape index (κ1) is 32.1. The third-order valence-electron chi connectivity index (χ3n) is 6.09. The monoisotopic (exact) mass is 505 g/mol. The predicted octanol–water partition coefficient (Wildman–Crippen LogP) is 9.72. The maximum atomic E-state index is 8.00. The number of hydrogen-bond donors (Lipinski definition) is 0. The second-order valence-electron chi connectivity index (χ2n) is 8.25. The van der Waals surface area contributed by atoms with Crippen molar-refractivity contribution in [3.63, 3.8) is 0 Å². The van der Waals surface area contributed by atoms with Gasteiger partial charge in [0.2, 0.25) is 0 Å². The lowest BCUT2D eigenvalue weighted by Gasteiger charge is -2.31. The van der Waals surface area contributed by atoms with Gasteiger partial charge in [0, 0.05) is 5.02 Å². The molecule has 0 bridgehead atoms. The van der Waals surface area contributed by atoms with Gasteiger partial charge in [-0.15, -0.1) is 11.3 Å². The first-order chi connectivity index (χ1) is 16.4. The molecule has 0 N–H and O–H groups in total. The molecule has 0 saturated heterocycles. The molecule has 3 aromatic rings. The van der Waals surface area contributed by atoms with Crippen molar-refractivity contribution >= 4 is 39.9 Å². The number of methoxy groups -OCH3 is 1. The quantitative estimate of drug-likeness (QED) is 0.305. The van der Waals surface area contributed by atoms with Crippen molar-refractivity contribution in [1.82, 2.24) is 4.98 Å². The number of carbonyl (C=O) groups excluding carboxylic acids is 1. The Balaban J connectivity index is 0.000000463. The maximum absolute atomic E-state index is 8.00. The Labute approximate surface area is 216 Å². The molecular formula is C29H44ClNO2S. The standard InChI is InChI=1S/C11H24.C9H12O.C8H6ClNS.CH2O/c1-5-9-11(7-3,8-4)10-6-2;1-3-8-4-6-9(10-2)7-5-8;1-5-10-7-3-2-6(9)4-8(7)11-5;1-2/h5-10H2,1-4H3;4-7H,3H2,1-2H3;2-4H,1H3;1H2. The number of nitrogens with zero attached hydrogens (tertiary/aromatic N) is 1. The van der Waals surface area contributed by atoms with Crippen molar-refractivity contribution in [2.24, 2.45) is 5.41 Å². The van der Waals surface area contributed by atoms with Crippen LogP contribution in [0.5, 0.6) is 5.75 Å². The van der Waals surface area contributed by atoms with E-state index in [0.29, 0.717) is 5.41 Å². The summed E-state index contributed by atoms with van der Waals surface area (Å²) in [4.78, 5) is 12.3. The Morgan fingerprint density at radius 2 is 1.50 bits per heavy atom. The average Bonchev–Trinajstić information content (AvgIpc) is 3.25. The highest BCUT2D eigenvalue weighted by Gasteiger charge is 2.23.